The molecule has 1 aliphatic heterocycles. The maximum atomic E-state index is 4.76. The Labute approximate surface area is 111 Å². The molecule has 0 spiro atoms. The molecule has 0 bridgehead atoms. The molecule has 0 saturated carbocycles. The van der Waals surface area contributed by atoms with Crippen LogP contribution in [0.5, 0.6) is 0 Å². The summed E-state index contributed by atoms with van der Waals surface area (Å²) in [4.78, 5) is 0.922. The number of hydrogen-bond donors (Lipinski definition) is 1. The zero-order chi connectivity index (χ0) is 12.6. The van der Waals surface area contributed by atoms with Gasteiger partial charge in [0.15, 0.2) is 5.82 Å². The lowest BCUT2D eigenvalue weighted by atomic mass is 9.93. The fraction of sp³-hybridized carbons (Fsp3) is 0.750. The van der Waals surface area contributed by atoms with Crippen LogP contribution in [0.4, 0.5) is 0 Å². The molecule has 18 heavy (non-hydrogen) atoms. The van der Waals surface area contributed by atoms with E-state index in [-0.39, 0.29) is 5.54 Å². The summed E-state index contributed by atoms with van der Waals surface area (Å²) in [6, 6.07) is 0. The van der Waals surface area contributed by atoms with Gasteiger partial charge in [-0.15, -0.1) is 10.2 Å². The van der Waals surface area contributed by atoms with E-state index >= 15 is 0 Å². The van der Waals surface area contributed by atoms with E-state index in [9.17, 15) is 0 Å². The second kappa shape index (κ2) is 4.59. The molecule has 5 nitrogen and oxygen atoms in total. The Morgan fingerprint density at radius 1 is 1.39 bits per heavy atom. The fourth-order valence-corrected chi connectivity index (χ4v) is 3.89. The first-order valence-corrected chi connectivity index (χ1v) is 7.57. The molecule has 0 amide bonds. The zero-order valence-corrected chi connectivity index (χ0v) is 11.8. The Hall–Kier alpha value is -1.01. The van der Waals surface area contributed by atoms with Gasteiger partial charge in [0, 0.05) is 6.42 Å². The van der Waals surface area contributed by atoms with Crippen molar-refractivity contribution in [2.45, 2.75) is 51.5 Å². The average molecular weight is 265 g/mol. The molecule has 0 aliphatic carbocycles. The summed E-state index contributed by atoms with van der Waals surface area (Å²) in [5.74, 6) is 0.956. The van der Waals surface area contributed by atoms with Crippen LogP contribution in [-0.2, 0) is 12.0 Å². The van der Waals surface area contributed by atoms with Crippen molar-refractivity contribution in [3.8, 4) is 0 Å². The third-order valence-electron chi connectivity index (χ3n) is 3.70. The third kappa shape index (κ3) is 1.75. The van der Waals surface area contributed by atoms with Crippen LogP contribution in [0.15, 0.2) is 0 Å². The van der Waals surface area contributed by atoms with Crippen molar-refractivity contribution in [3.05, 3.63) is 10.8 Å². The van der Waals surface area contributed by atoms with E-state index in [0.29, 0.717) is 0 Å². The van der Waals surface area contributed by atoms with Gasteiger partial charge in [-0.2, -0.15) is 9.61 Å². The fourth-order valence-electron chi connectivity index (χ4n) is 2.81. The van der Waals surface area contributed by atoms with E-state index in [4.69, 9.17) is 5.10 Å². The molecule has 2 aromatic heterocycles. The summed E-state index contributed by atoms with van der Waals surface area (Å²) in [5, 5.41) is 18.0. The van der Waals surface area contributed by atoms with Crippen molar-refractivity contribution >= 4 is 16.3 Å². The number of hydrogen-bond acceptors (Lipinski definition) is 5. The van der Waals surface area contributed by atoms with Crippen molar-refractivity contribution in [2.75, 3.05) is 6.54 Å². The summed E-state index contributed by atoms with van der Waals surface area (Å²) in [7, 11) is 0. The average Bonchev–Trinajstić information content (AvgIpc) is 3.02. The van der Waals surface area contributed by atoms with Crippen molar-refractivity contribution < 1.29 is 0 Å². The van der Waals surface area contributed by atoms with Gasteiger partial charge in [-0.25, -0.2) is 0 Å². The molecular weight excluding hydrogens is 246 g/mol. The minimum atomic E-state index is 0.0884. The minimum Gasteiger partial charge on any atom is -0.305 e. The second-order valence-electron chi connectivity index (χ2n) is 4.93. The standard InChI is InChI=1S/C12H19N5S/c1-3-6-12(7-5-8-13-12)10-16-17-9(4-2)14-15-11(17)18-10/h13H,3-8H2,1-2H3. The molecule has 1 saturated heterocycles. The first-order valence-electron chi connectivity index (χ1n) is 6.75. The lowest BCUT2D eigenvalue weighted by Crippen LogP contribution is -2.36. The first-order chi connectivity index (χ1) is 8.79. The van der Waals surface area contributed by atoms with E-state index in [1.807, 2.05) is 4.52 Å². The van der Waals surface area contributed by atoms with Gasteiger partial charge in [0.1, 0.15) is 5.01 Å². The summed E-state index contributed by atoms with van der Waals surface area (Å²) >= 11 is 1.69. The molecule has 0 radical (unpaired) electrons. The molecule has 1 N–H and O–H groups in total. The molecule has 3 rings (SSSR count). The number of aromatic nitrogens is 4. The van der Waals surface area contributed by atoms with Gasteiger partial charge in [0.05, 0.1) is 5.54 Å². The highest BCUT2D eigenvalue weighted by atomic mass is 32.1. The summed E-state index contributed by atoms with van der Waals surface area (Å²) in [6.07, 6.45) is 5.62. The molecule has 2 aromatic rings. The Morgan fingerprint density at radius 2 is 2.28 bits per heavy atom. The minimum absolute atomic E-state index is 0.0884. The number of nitrogens with one attached hydrogen (secondary N) is 1. The molecule has 1 fully saturated rings. The molecule has 1 aliphatic rings. The van der Waals surface area contributed by atoms with Crippen LogP contribution in [-0.4, -0.2) is 26.4 Å². The predicted octanol–water partition coefficient (Wildman–Crippen LogP) is 2.13. The van der Waals surface area contributed by atoms with Crippen LogP contribution in [0.25, 0.3) is 4.96 Å². The Balaban J connectivity index is 2.04. The summed E-state index contributed by atoms with van der Waals surface area (Å²) in [6.45, 7) is 5.42. The molecule has 1 atom stereocenters. The Morgan fingerprint density at radius 3 is 2.94 bits per heavy atom. The maximum absolute atomic E-state index is 4.76. The van der Waals surface area contributed by atoms with Gasteiger partial charge in [-0.05, 0) is 25.8 Å². The number of rotatable bonds is 4. The smallest absolute Gasteiger partial charge is 0.234 e. The molecular formula is C12H19N5S. The molecule has 98 valence electrons. The van der Waals surface area contributed by atoms with Crippen molar-refractivity contribution in [1.82, 2.24) is 25.1 Å². The quantitative estimate of drug-likeness (QED) is 0.920. The van der Waals surface area contributed by atoms with E-state index in [2.05, 4.69) is 29.4 Å². The molecule has 6 heteroatoms. The summed E-state index contributed by atoms with van der Waals surface area (Å²) < 4.78 is 1.91. The highest BCUT2D eigenvalue weighted by Gasteiger charge is 2.38. The first kappa shape index (κ1) is 12.0. The van der Waals surface area contributed by atoms with Crippen LogP contribution in [0, 0.1) is 0 Å². The van der Waals surface area contributed by atoms with Crippen molar-refractivity contribution in [1.29, 1.82) is 0 Å². The third-order valence-corrected chi connectivity index (χ3v) is 4.80. The van der Waals surface area contributed by atoms with Crippen molar-refractivity contribution in [2.24, 2.45) is 0 Å². The molecule has 1 unspecified atom stereocenters. The largest absolute Gasteiger partial charge is 0.305 e. The lowest BCUT2D eigenvalue weighted by Gasteiger charge is -2.26. The SMILES string of the molecule is CCCC1(c2nn3c(CC)nnc3s2)CCCN1. The van der Waals surface area contributed by atoms with Gasteiger partial charge in [-0.3, -0.25) is 0 Å². The number of fused-ring (bicyclic) bond motifs is 1. The van der Waals surface area contributed by atoms with Crippen LogP contribution in [0.2, 0.25) is 0 Å². The molecule has 3 heterocycles. The highest BCUT2D eigenvalue weighted by molar-refractivity contribution is 7.16. The van der Waals surface area contributed by atoms with Gasteiger partial charge in [0.25, 0.3) is 0 Å². The summed E-state index contributed by atoms with van der Waals surface area (Å²) in [5.41, 5.74) is 0.0884. The topological polar surface area (TPSA) is 55.1 Å². The van der Waals surface area contributed by atoms with Gasteiger partial charge < -0.3 is 5.32 Å². The maximum Gasteiger partial charge on any atom is 0.234 e. The molecule has 0 aromatic carbocycles. The van der Waals surface area contributed by atoms with Crippen LogP contribution in [0.3, 0.4) is 0 Å². The number of nitrogens with zero attached hydrogens (tertiary/aromatic N) is 4. The predicted molar refractivity (Wildman–Crippen MR) is 71.9 cm³/mol. The second-order valence-corrected chi connectivity index (χ2v) is 5.89. The monoisotopic (exact) mass is 265 g/mol. The number of aryl methyl sites for hydroxylation is 1. The van der Waals surface area contributed by atoms with Crippen LogP contribution >= 0.6 is 11.3 Å². The lowest BCUT2D eigenvalue weighted by molar-refractivity contribution is 0.350. The Bertz CT molecular complexity index is 538. The van der Waals surface area contributed by atoms with Gasteiger partial charge in [0.2, 0.25) is 4.96 Å². The van der Waals surface area contributed by atoms with Crippen LogP contribution in [0.1, 0.15) is 50.4 Å². The Kier molecular flexibility index (Phi) is 3.07. The van der Waals surface area contributed by atoms with Crippen LogP contribution < -0.4 is 5.32 Å². The van der Waals surface area contributed by atoms with E-state index in [0.717, 1.165) is 30.2 Å². The van der Waals surface area contributed by atoms with Gasteiger partial charge >= 0.3 is 0 Å². The van der Waals surface area contributed by atoms with E-state index in [1.54, 1.807) is 11.3 Å². The van der Waals surface area contributed by atoms with E-state index in [1.165, 1.54) is 24.3 Å². The van der Waals surface area contributed by atoms with E-state index < -0.39 is 0 Å². The van der Waals surface area contributed by atoms with Crippen molar-refractivity contribution in [3.63, 3.8) is 0 Å². The zero-order valence-electron chi connectivity index (χ0n) is 10.9. The highest BCUT2D eigenvalue weighted by Crippen LogP contribution is 2.37. The van der Waals surface area contributed by atoms with Gasteiger partial charge in [-0.1, -0.05) is 31.6 Å². The normalized spacial score (nSPS) is 24.1.